The molecule has 2 aliphatic rings. The monoisotopic (exact) mass is 244 g/mol. The number of carbonyl (C=O) groups excluding carboxylic acids is 1. The van der Waals surface area contributed by atoms with Gasteiger partial charge < -0.3 is 10.6 Å². The van der Waals surface area contributed by atoms with E-state index in [2.05, 4.69) is 6.07 Å². The summed E-state index contributed by atoms with van der Waals surface area (Å²) >= 11 is 0. The Bertz CT molecular complexity index is 489. The summed E-state index contributed by atoms with van der Waals surface area (Å²) in [6, 6.07) is 6.25. The van der Waals surface area contributed by atoms with E-state index in [0.717, 1.165) is 31.5 Å². The second kappa shape index (κ2) is 4.09. The Morgan fingerprint density at radius 1 is 1.33 bits per heavy atom. The molecule has 0 spiro atoms. The van der Waals surface area contributed by atoms with Gasteiger partial charge in [-0.05, 0) is 36.5 Å². The number of nitrogens with zero attached hydrogens (tertiary/aromatic N) is 1. The molecule has 3 heteroatoms. The molecule has 1 aliphatic heterocycles. The molecule has 0 aromatic heterocycles. The second-order valence-electron chi connectivity index (χ2n) is 5.59. The molecule has 0 bridgehead atoms. The summed E-state index contributed by atoms with van der Waals surface area (Å²) in [6.45, 7) is 2.44. The van der Waals surface area contributed by atoms with Gasteiger partial charge in [0.15, 0.2) is 0 Å². The number of carbonyl (C=O) groups is 1. The Labute approximate surface area is 108 Å². The van der Waals surface area contributed by atoms with Crippen molar-refractivity contribution in [3.63, 3.8) is 0 Å². The molecule has 3 rings (SSSR count). The summed E-state index contributed by atoms with van der Waals surface area (Å²) < 4.78 is 0. The number of nitrogens with two attached hydrogens (primary N) is 1. The van der Waals surface area contributed by atoms with Crippen LogP contribution in [0.4, 0.5) is 5.69 Å². The molecule has 1 aromatic carbocycles. The Balaban J connectivity index is 2.06. The maximum Gasteiger partial charge on any atom is 0.223 e. The maximum absolute atomic E-state index is 11.6. The third-order valence-electron chi connectivity index (χ3n) is 4.44. The summed E-state index contributed by atoms with van der Waals surface area (Å²) in [5, 5.41) is 0. The van der Waals surface area contributed by atoms with Crippen LogP contribution < -0.4 is 10.6 Å². The topological polar surface area (TPSA) is 46.3 Å². The van der Waals surface area contributed by atoms with Gasteiger partial charge in [0.25, 0.3) is 0 Å². The normalized spacial score (nSPS) is 21.1. The van der Waals surface area contributed by atoms with Crippen LogP contribution in [0.15, 0.2) is 18.2 Å². The number of benzene rings is 1. The zero-order valence-corrected chi connectivity index (χ0v) is 10.9. The second-order valence-corrected chi connectivity index (χ2v) is 5.59. The predicted molar refractivity (Wildman–Crippen MR) is 72.5 cm³/mol. The number of hydrogen-bond acceptors (Lipinski definition) is 2. The highest BCUT2D eigenvalue weighted by Gasteiger charge is 2.36. The van der Waals surface area contributed by atoms with Crippen molar-refractivity contribution >= 4 is 11.6 Å². The molecule has 1 aromatic rings. The zero-order chi connectivity index (χ0) is 12.8. The van der Waals surface area contributed by atoms with Crippen molar-refractivity contribution in [3.05, 3.63) is 29.3 Å². The fourth-order valence-electron chi connectivity index (χ4n) is 3.50. The van der Waals surface area contributed by atoms with Crippen LogP contribution in [0.5, 0.6) is 0 Å². The summed E-state index contributed by atoms with van der Waals surface area (Å²) in [6.07, 6.45) is 5.53. The predicted octanol–water partition coefficient (Wildman–Crippen LogP) is 2.32. The Morgan fingerprint density at radius 3 is 2.72 bits per heavy atom. The minimum atomic E-state index is -0.155. The number of rotatable bonds is 1. The fourth-order valence-corrected chi connectivity index (χ4v) is 3.50. The van der Waals surface area contributed by atoms with Crippen LogP contribution in [-0.4, -0.2) is 12.5 Å². The lowest BCUT2D eigenvalue weighted by atomic mass is 9.85. The molecule has 2 N–H and O–H groups in total. The summed E-state index contributed by atoms with van der Waals surface area (Å²) in [7, 11) is 0. The van der Waals surface area contributed by atoms with Crippen molar-refractivity contribution in [2.75, 3.05) is 11.4 Å². The van der Waals surface area contributed by atoms with Crippen molar-refractivity contribution in [1.82, 2.24) is 0 Å². The maximum atomic E-state index is 11.6. The van der Waals surface area contributed by atoms with Crippen LogP contribution in [0.25, 0.3) is 0 Å². The number of fused-ring (bicyclic) bond motifs is 1. The van der Waals surface area contributed by atoms with Crippen LogP contribution in [-0.2, 0) is 16.8 Å². The van der Waals surface area contributed by atoms with E-state index in [1.54, 1.807) is 6.92 Å². The molecule has 0 unspecified atom stereocenters. The Hall–Kier alpha value is -1.35. The molecule has 1 heterocycles. The fraction of sp³-hybridized carbons (Fsp3) is 0.533. The van der Waals surface area contributed by atoms with E-state index in [0.29, 0.717) is 0 Å². The van der Waals surface area contributed by atoms with Gasteiger partial charge in [-0.15, -0.1) is 0 Å². The van der Waals surface area contributed by atoms with E-state index >= 15 is 0 Å². The molecule has 0 saturated heterocycles. The molecule has 18 heavy (non-hydrogen) atoms. The van der Waals surface area contributed by atoms with Gasteiger partial charge in [0, 0.05) is 24.7 Å². The first-order chi connectivity index (χ1) is 8.62. The third kappa shape index (κ3) is 1.65. The smallest absolute Gasteiger partial charge is 0.223 e. The van der Waals surface area contributed by atoms with E-state index in [4.69, 9.17) is 5.73 Å². The molecule has 96 valence electrons. The quantitative estimate of drug-likeness (QED) is 0.824. The average Bonchev–Trinajstić information content (AvgIpc) is 2.95. The van der Waals surface area contributed by atoms with Gasteiger partial charge >= 0.3 is 0 Å². The van der Waals surface area contributed by atoms with Gasteiger partial charge in [-0.3, -0.25) is 4.79 Å². The van der Waals surface area contributed by atoms with Crippen LogP contribution in [0.3, 0.4) is 0 Å². The first-order valence-electron chi connectivity index (χ1n) is 6.81. The molecule has 3 nitrogen and oxygen atoms in total. The van der Waals surface area contributed by atoms with E-state index < -0.39 is 0 Å². The standard InChI is InChI=1S/C15H20N2O/c1-11(18)17-10-7-12-13(5-4-6-14(12)17)15(16)8-2-3-9-15/h4-6H,2-3,7-10,16H2,1H3. The van der Waals surface area contributed by atoms with Gasteiger partial charge in [-0.2, -0.15) is 0 Å². The third-order valence-corrected chi connectivity index (χ3v) is 4.44. The SMILES string of the molecule is CC(=O)N1CCc2c1cccc2C1(N)CCCC1. The molecule has 0 atom stereocenters. The van der Waals surface area contributed by atoms with Crippen molar-refractivity contribution in [1.29, 1.82) is 0 Å². The summed E-state index contributed by atoms with van der Waals surface area (Å²) in [4.78, 5) is 13.5. The number of anilines is 1. The number of hydrogen-bond donors (Lipinski definition) is 1. The van der Waals surface area contributed by atoms with Crippen molar-refractivity contribution in [3.8, 4) is 0 Å². The lowest BCUT2D eigenvalue weighted by Crippen LogP contribution is -2.34. The molecule has 1 aliphatic carbocycles. The summed E-state index contributed by atoms with van der Waals surface area (Å²) in [5.74, 6) is 0.128. The van der Waals surface area contributed by atoms with Gasteiger partial charge in [0.1, 0.15) is 0 Å². The van der Waals surface area contributed by atoms with E-state index in [9.17, 15) is 4.79 Å². The highest BCUT2D eigenvalue weighted by Crippen LogP contribution is 2.42. The zero-order valence-electron chi connectivity index (χ0n) is 10.9. The van der Waals surface area contributed by atoms with Crippen LogP contribution >= 0.6 is 0 Å². The molecular formula is C15H20N2O. The van der Waals surface area contributed by atoms with E-state index in [-0.39, 0.29) is 11.4 Å². The molecule has 1 fully saturated rings. The van der Waals surface area contributed by atoms with Gasteiger partial charge in [-0.1, -0.05) is 25.0 Å². The van der Waals surface area contributed by atoms with Crippen LogP contribution in [0, 0.1) is 0 Å². The lowest BCUT2D eigenvalue weighted by molar-refractivity contribution is -0.116. The minimum absolute atomic E-state index is 0.128. The molecule has 1 saturated carbocycles. The van der Waals surface area contributed by atoms with Crippen molar-refractivity contribution in [2.45, 2.75) is 44.6 Å². The first kappa shape index (κ1) is 11.7. The largest absolute Gasteiger partial charge is 0.321 e. The highest BCUT2D eigenvalue weighted by atomic mass is 16.2. The first-order valence-corrected chi connectivity index (χ1v) is 6.81. The Morgan fingerprint density at radius 2 is 2.06 bits per heavy atom. The number of amides is 1. The summed E-state index contributed by atoms with van der Waals surface area (Å²) in [5.41, 5.74) is 10.1. The van der Waals surface area contributed by atoms with E-state index in [1.165, 1.54) is 24.0 Å². The van der Waals surface area contributed by atoms with Gasteiger partial charge in [0.05, 0.1) is 0 Å². The molecule has 1 amide bonds. The van der Waals surface area contributed by atoms with Gasteiger partial charge in [-0.25, -0.2) is 0 Å². The Kier molecular flexibility index (Phi) is 2.67. The van der Waals surface area contributed by atoms with Crippen LogP contribution in [0.1, 0.15) is 43.7 Å². The van der Waals surface area contributed by atoms with E-state index in [1.807, 2.05) is 17.0 Å². The van der Waals surface area contributed by atoms with Gasteiger partial charge in [0.2, 0.25) is 5.91 Å². The van der Waals surface area contributed by atoms with Crippen molar-refractivity contribution in [2.24, 2.45) is 5.73 Å². The minimum Gasteiger partial charge on any atom is -0.321 e. The highest BCUT2D eigenvalue weighted by molar-refractivity contribution is 5.94. The van der Waals surface area contributed by atoms with Crippen molar-refractivity contribution < 1.29 is 4.79 Å². The molecule has 0 radical (unpaired) electrons. The van der Waals surface area contributed by atoms with Crippen LogP contribution in [0.2, 0.25) is 0 Å². The lowest BCUT2D eigenvalue weighted by Gasteiger charge is -2.27. The molecular weight excluding hydrogens is 224 g/mol. The average molecular weight is 244 g/mol.